The molecule has 1 aromatic heterocycles. The fourth-order valence-corrected chi connectivity index (χ4v) is 3.57. The maximum atomic E-state index is 14.7. The number of benzene rings is 2. The molecule has 0 radical (unpaired) electrons. The highest BCUT2D eigenvalue weighted by molar-refractivity contribution is 5.78. The van der Waals surface area contributed by atoms with Crippen LogP contribution in [0.25, 0.3) is 17.2 Å². The fraction of sp³-hybridized carbons (Fsp3) is 0.125. The van der Waals surface area contributed by atoms with Gasteiger partial charge in [0.1, 0.15) is 11.6 Å². The molecule has 0 fully saturated rings. The highest BCUT2D eigenvalue weighted by Gasteiger charge is 2.34. The summed E-state index contributed by atoms with van der Waals surface area (Å²) in [6, 6.07) is 13.9. The Kier molecular flexibility index (Phi) is 5.75. The van der Waals surface area contributed by atoms with Crippen LogP contribution in [0, 0.1) is 5.82 Å². The molecule has 1 N–H and O–H groups in total. The highest BCUT2D eigenvalue weighted by Crippen LogP contribution is 2.41. The van der Waals surface area contributed by atoms with Crippen molar-refractivity contribution in [1.29, 1.82) is 0 Å². The van der Waals surface area contributed by atoms with E-state index in [1.165, 1.54) is 6.07 Å². The average molecular weight is 426 g/mol. The molecule has 158 valence electrons. The maximum Gasteiger partial charge on any atom is 0.573 e. The normalized spacial score (nSPS) is 17.4. The van der Waals surface area contributed by atoms with Crippen LogP contribution in [-0.4, -0.2) is 11.3 Å². The third kappa shape index (κ3) is 4.77. The van der Waals surface area contributed by atoms with E-state index in [9.17, 15) is 17.6 Å². The maximum absolute atomic E-state index is 14.7. The Hall–Kier alpha value is -3.61. The Morgan fingerprint density at radius 3 is 2.55 bits per heavy atom. The Morgan fingerprint density at radius 2 is 1.84 bits per heavy atom. The van der Waals surface area contributed by atoms with Crippen molar-refractivity contribution < 1.29 is 22.3 Å². The molecule has 1 aliphatic heterocycles. The zero-order valence-corrected chi connectivity index (χ0v) is 16.2. The van der Waals surface area contributed by atoms with E-state index in [0.29, 0.717) is 12.0 Å². The number of alkyl halides is 3. The first-order valence-electron chi connectivity index (χ1n) is 9.57. The predicted molar refractivity (Wildman–Crippen MR) is 110 cm³/mol. The molecular weight excluding hydrogens is 408 g/mol. The van der Waals surface area contributed by atoms with Crippen LogP contribution in [0.2, 0.25) is 0 Å². The Balaban J connectivity index is 1.87. The standard InChI is InChI=1S/C24H18F4N2O/c25-20-11-10-18(14-17-8-5-13-30-22(17)19-9-4-12-29-15-19)23(31-24(26,27)28)21(20)16-6-2-1-3-7-16/h1-7,9-15,22,30H,8H2/b17-14+. The molecule has 31 heavy (non-hydrogen) atoms. The number of hydrogen-bond acceptors (Lipinski definition) is 3. The molecule has 3 nitrogen and oxygen atoms in total. The SMILES string of the molecule is Fc1ccc(/C=C2\CC=CNC2c2cccnc2)c(OC(F)(F)F)c1-c1ccccc1. The molecule has 1 aliphatic rings. The summed E-state index contributed by atoms with van der Waals surface area (Å²) in [5.74, 6) is -1.36. The number of hydrogen-bond donors (Lipinski definition) is 1. The molecule has 7 heteroatoms. The number of rotatable bonds is 4. The van der Waals surface area contributed by atoms with Gasteiger partial charge in [-0.3, -0.25) is 4.98 Å². The zero-order valence-electron chi connectivity index (χ0n) is 16.2. The predicted octanol–water partition coefficient (Wildman–Crippen LogP) is 6.42. The van der Waals surface area contributed by atoms with E-state index < -0.39 is 17.9 Å². The number of aromatic nitrogens is 1. The van der Waals surface area contributed by atoms with E-state index in [-0.39, 0.29) is 17.2 Å². The third-order valence-electron chi connectivity index (χ3n) is 4.88. The second kappa shape index (κ2) is 8.63. The van der Waals surface area contributed by atoms with Crippen LogP contribution in [0.4, 0.5) is 17.6 Å². The Bertz CT molecular complexity index is 1110. The van der Waals surface area contributed by atoms with Crippen LogP contribution >= 0.6 is 0 Å². The summed E-state index contributed by atoms with van der Waals surface area (Å²) in [6.07, 6.45) is 4.15. The molecule has 1 atom stereocenters. The molecule has 0 aliphatic carbocycles. The van der Waals surface area contributed by atoms with Crippen molar-refractivity contribution in [3.63, 3.8) is 0 Å². The van der Waals surface area contributed by atoms with E-state index in [4.69, 9.17) is 0 Å². The minimum absolute atomic E-state index is 0.138. The monoisotopic (exact) mass is 426 g/mol. The topological polar surface area (TPSA) is 34.2 Å². The smallest absolute Gasteiger partial charge is 0.404 e. The number of pyridine rings is 1. The number of halogens is 4. The van der Waals surface area contributed by atoms with Crippen LogP contribution in [0.1, 0.15) is 23.6 Å². The first-order chi connectivity index (χ1) is 14.9. The minimum Gasteiger partial charge on any atom is -0.404 e. The van der Waals surface area contributed by atoms with Crippen LogP contribution in [0.15, 0.2) is 84.8 Å². The molecule has 0 amide bonds. The number of nitrogens with one attached hydrogen (secondary N) is 1. The van der Waals surface area contributed by atoms with E-state index in [2.05, 4.69) is 15.0 Å². The molecule has 0 saturated heterocycles. The largest absolute Gasteiger partial charge is 0.573 e. The lowest BCUT2D eigenvalue weighted by Crippen LogP contribution is -2.21. The molecule has 0 spiro atoms. The van der Waals surface area contributed by atoms with Gasteiger partial charge in [-0.15, -0.1) is 13.2 Å². The summed E-state index contributed by atoms with van der Waals surface area (Å²) in [5.41, 5.74) is 1.86. The lowest BCUT2D eigenvalue weighted by atomic mass is 9.92. The van der Waals surface area contributed by atoms with Gasteiger partial charge >= 0.3 is 6.36 Å². The van der Waals surface area contributed by atoms with Gasteiger partial charge in [-0.1, -0.05) is 42.5 Å². The van der Waals surface area contributed by atoms with Gasteiger partial charge in [-0.2, -0.15) is 0 Å². The molecule has 0 saturated carbocycles. The van der Waals surface area contributed by atoms with Crippen molar-refractivity contribution in [2.75, 3.05) is 0 Å². The van der Waals surface area contributed by atoms with Crippen molar-refractivity contribution in [2.45, 2.75) is 18.8 Å². The fourth-order valence-electron chi connectivity index (χ4n) is 3.57. The lowest BCUT2D eigenvalue weighted by Gasteiger charge is -2.25. The number of allylic oxidation sites excluding steroid dienone is 1. The molecular formula is C24H18F4N2O. The van der Waals surface area contributed by atoms with Crippen molar-refractivity contribution in [1.82, 2.24) is 10.3 Å². The van der Waals surface area contributed by atoms with E-state index in [1.54, 1.807) is 61.1 Å². The van der Waals surface area contributed by atoms with Gasteiger partial charge in [0.25, 0.3) is 0 Å². The van der Waals surface area contributed by atoms with Crippen LogP contribution in [0.5, 0.6) is 5.75 Å². The van der Waals surface area contributed by atoms with Gasteiger partial charge in [0.15, 0.2) is 0 Å². The Labute approximate surface area is 176 Å². The summed E-state index contributed by atoms with van der Waals surface area (Å²) in [4.78, 5) is 4.12. The highest BCUT2D eigenvalue weighted by atomic mass is 19.4. The van der Waals surface area contributed by atoms with Gasteiger partial charge in [0, 0.05) is 18.0 Å². The minimum atomic E-state index is -4.97. The van der Waals surface area contributed by atoms with Crippen LogP contribution in [-0.2, 0) is 0 Å². The van der Waals surface area contributed by atoms with Gasteiger partial charge in [0.05, 0.1) is 11.6 Å². The average Bonchev–Trinajstić information content (AvgIpc) is 2.76. The number of ether oxygens (including phenoxy) is 1. The van der Waals surface area contributed by atoms with Crippen molar-refractivity contribution in [3.05, 3.63) is 102 Å². The summed E-state index contributed by atoms with van der Waals surface area (Å²) in [5, 5.41) is 3.21. The van der Waals surface area contributed by atoms with Gasteiger partial charge in [0.2, 0.25) is 0 Å². The van der Waals surface area contributed by atoms with Gasteiger partial charge < -0.3 is 10.1 Å². The van der Waals surface area contributed by atoms with Crippen molar-refractivity contribution in [2.24, 2.45) is 0 Å². The molecule has 2 aromatic carbocycles. The summed E-state index contributed by atoms with van der Waals surface area (Å²) in [6.45, 7) is 0. The van der Waals surface area contributed by atoms with Crippen LogP contribution < -0.4 is 10.1 Å². The quantitative estimate of drug-likeness (QED) is 0.489. The van der Waals surface area contributed by atoms with E-state index in [0.717, 1.165) is 17.2 Å². The van der Waals surface area contributed by atoms with Crippen LogP contribution in [0.3, 0.4) is 0 Å². The van der Waals surface area contributed by atoms with E-state index >= 15 is 0 Å². The second-order valence-corrected chi connectivity index (χ2v) is 6.97. The first-order valence-corrected chi connectivity index (χ1v) is 9.57. The third-order valence-corrected chi connectivity index (χ3v) is 4.88. The van der Waals surface area contributed by atoms with E-state index in [1.807, 2.05) is 12.1 Å². The molecule has 0 bridgehead atoms. The summed E-state index contributed by atoms with van der Waals surface area (Å²) < 4.78 is 58.9. The second-order valence-electron chi connectivity index (χ2n) is 6.97. The van der Waals surface area contributed by atoms with Gasteiger partial charge in [-0.25, -0.2) is 4.39 Å². The van der Waals surface area contributed by atoms with Gasteiger partial charge in [-0.05, 0) is 53.6 Å². The molecule has 2 heterocycles. The number of nitrogens with zero attached hydrogens (tertiary/aromatic N) is 1. The molecule has 1 unspecified atom stereocenters. The molecule has 3 aromatic rings. The van der Waals surface area contributed by atoms with Crippen molar-refractivity contribution >= 4 is 6.08 Å². The molecule has 4 rings (SSSR count). The lowest BCUT2D eigenvalue weighted by molar-refractivity contribution is -0.274. The summed E-state index contributed by atoms with van der Waals surface area (Å²) >= 11 is 0. The Morgan fingerprint density at radius 1 is 1.03 bits per heavy atom. The zero-order chi connectivity index (χ0) is 21.8. The van der Waals surface area contributed by atoms with Crippen molar-refractivity contribution in [3.8, 4) is 16.9 Å². The summed E-state index contributed by atoms with van der Waals surface area (Å²) in [7, 11) is 0. The first kappa shape index (κ1) is 20.7.